The van der Waals surface area contributed by atoms with E-state index >= 15 is 0 Å². The normalized spacial score (nSPS) is 17.8. The Labute approximate surface area is 265 Å². The SMILES string of the molecule is CC(=N\O)/C(C)=N/O.CC(=N\O)/C(C)=N/O.COC(=O)C1(N2C(=O)c3ccccc3C2=O)CC=[C-]CC1.[Co].c1ccncc1. The Morgan fingerprint density at radius 2 is 1.25 bits per heavy atom. The summed E-state index contributed by atoms with van der Waals surface area (Å²) < 4.78 is 4.87. The second-order valence-electron chi connectivity index (χ2n) is 8.89. The number of rotatable bonds is 4. The third-order valence-electron chi connectivity index (χ3n) is 6.27. The van der Waals surface area contributed by atoms with E-state index < -0.39 is 23.3 Å². The van der Waals surface area contributed by atoms with Crippen LogP contribution in [0.25, 0.3) is 0 Å². The fourth-order valence-corrected chi connectivity index (χ4v) is 3.57. The molecule has 0 bridgehead atoms. The number of pyridine rings is 1. The number of carbonyl (C=O) groups is 3. The number of aromatic nitrogens is 1. The summed E-state index contributed by atoms with van der Waals surface area (Å²) in [5, 5.41) is 43.3. The number of benzene rings is 1. The molecule has 2 aromatic rings. The number of carbonyl (C=O) groups excluding carboxylic acids is 3. The van der Waals surface area contributed by atoms with Gasteiger partial charge >= 0.3 is 5.97 Å². The third kappa shape index (κ3) is 10.4. The molecule has 0 spiro atoms. The van der Waals surface area contributed by atoms with Crippen LogP contribution in [0.2, 0.25) is 0 Å². The molecule has 2 amide bonds. The average molecular weight is 655 g/mol. The summed E-state index contributed by atoms with van der Waals surface area (Å²) >= 11 is 0. The molecule has 0 saturated heterocycles. The van der Waals surface area contributed by atoms with Crippen LogP contribution < -0.4 is 0 Å². The Bertz CT molecular complexity index is 1270. The van der Waals surface area contributed by atoms with Crippen LogP contribution in [-0.2, 0) is 26.3 Å². The maximum absolute atomic E-state index is 12.6. The molecule has 1 aliphatic carbocycles. The number of methoxy groups -OCH3 is 1. The van der Waals surface area contributed by atoms with Crippen LogP contribution in [-0.4, -0.2) is 84.0 Å². The number of hydrogen-bond acceptors (Lipinski definition) is 13. The fraction of sp³-hybridized carbons (Fsp3) is 0.310. The molecule has 1 unspecified atom stereocenters. The second kappa shape index (κ2) is 20.1. The molecule has 44 heavy (non-hydrogen) atoms. The van der Waals surface area contributed by atoms with Gasteiger partial charge in [-0.05, 0) is 64.8 Å². The largest absolute Gasteiger partial charge is 0.500 e. The molecule has 1 aliphatic heterocycles. The molecule has 1 aromatic carbocycles. The number of hydrogen-bond donors (Lipinski definition) is 4. The van der Waals surface area contributed by atoms with Crippen molar-refractivity contribution in [2.45, 2.75) is 52.5 Å². The van der Waals surface area contributed by atoms with Crippen molar-refractivity contribution in [3.05, 3.63) is 78.1 Å². The zero-order valence-electron chi connectivity index (χ0n) is 24.8. The predicted molar refractivity (Wildman–Crippen MR) is 157 cm³/mol. The van der Waals surface area contributed by atoms with Crippen molar-refractivity contribution in [3.63, 3.8) is 0 Å². The zero-order valence-corrected chi connectivity index (χ0v) is 25.9. The van der Waals surface area contributed by atoms with Gasteiger partial charge in [0.2, 0.25) is 0 Å². The summed E-state index contributed by atoms with van der Waals surface area (Å²) in [6, 6.07) is 12.3. The fourth-order valence-electron chi connectivity index (χ4n) is 3.57. The standard InChI is InChI=1S/C16H14NO4.C5H5N.2C4H8N2O2.Co/c1-21-15(20)16(9-5-2-6-10-16)17-13(18)11-7-3-4-8-12(11)14(17)19;1-2-4-6-5-3-1;2*1-3(5-7)4(2)6-8;/h3-5,7-8H,6,9-10H2,1H3;1-5H;2*7-8H,1-2H3;/q-1;;;;/b;;2*5-3+,6-4+;. The third-order valence-corrected chi connectivity index (χ3v) is 6.27. The van der Waals surface area contributed by atoms with Gasteiger partial charge in [-0.3, -0.25) is 25.5 Å². The van der Waals surface area contributed by atoms with E-state index in [0.29, 0.717) is 46.8 Å². The Hall–Kier alpha value is -4.89. The minimum atomic E-state index is -1.26. The summed E-state index contributed by atoms with van der Waals surface area (Å²) in [7, 11) is 1.27. The zero-order chi connectivity index (χ0) is 32.4. The number of imide groups is 1. The first-order valence-corrected chi connectivity index (χ1v) is 12.8. The van der Waals surface area contributed by atoms with E-state index in [2.05, 4.69) is 31.7 Å². The molecule has 15 heteroatoms. The van der Waals surface area contributed by atoms with Crippen LogP contribution in [0.4, 0.5) is 0 Å². The van der Waals surface area contributed by atoms with Crippen molar-refractivity contribution < 1.29 is 56.7 Å². The number of ether oxygens (including phenoxy) is 1. The number of nitrogens with zero attached hydrogens (tertiary/aromatic N) is 6. The minimum Gasteiger partial charge on any atom is -0.500 e. The summed E-state index contributed by atoms with van der Waals surface area (Å²) in [6.07, 6.45) is 9.29. The molecule has 2 heterocycles. The van der Waals surface area contributed by atoms with Gasteiger partial charge in [-0.15, -0.1) is 0 Å². The summed E-state index contributed by atoms with van der Waals surface area (Å²) in [6.45, 7) is 6.15. The molecule has 0 fully saturated rings. The van der Waals surface area contributed by atoms with Crippen LogP contribution in [0.15, 0.2) is 81.6 Å². The molecular formula is C29H35CoN6O8-. The van der Waals surface area contributed by atoms with Crippen molar-refractivity contribution >= 4 is 40.6 Å². The molecular weight excluding hydrogens is 619 g/mol. The Morgan fingerprint density at radius 3 is 1.52 bits per heavy atom. The van der Waals surface area contributed by atoms with Gasteiger partial charge in [0.1, 0.15) is 28.4 Å². The van der Waals surface area contributed by atoms with E-state index in [0.717, 1.165) is 4.90 Å². The summed E-state index contributed by atoms with van der Waals surface area (Å²) in [5.41, 5.74) is 0.668. The molecule has 4 rings (SSSR count). The first kappa shape index (κ1) is 39.1. The van der Waals surface area contributed by atoms with E-state index in [-0.39, 0.29) is 23.2 Å². The molecule has 2 aliphatic rings. The van der Waals surface area contributed by atoms with Gasteiger partial charge < -0.3 is 31.6 Å². The van der Waals surface area contributed by atoms with E-state index in [4.69, 9.17) is 25.6 Å². The van der Waals surface area contributed by atoms with Crippen molar-refractivity contribution in [2.24, 2.45) is 20.6 Å². The second-order valence-corrected chi connectivity index (χ2v) is 8.89. The molecule has 14 nitrogen and oxygen atoms in total. The monoisotopic (exact) mass is 654 g/mol. The average Bonchev–Trinajstić information content (AvgIpc) is 3.34. The van der Waals surface area contributed by atoms with E-state index in [9.17, 15) is 14.4 Å². The van der Waals surface area contributed by atoms with Gasteiger partial charge in [-0.1, -0.05) is 38.8 Å². The number of amides is 2. The molecule has 1 atom stereocenters. The maximum Gasteiger partial charge on any atom is 0.332 e. The van der Waals surface area contributed by atoms with Gasteiger partial charge in [0.15, 0.2) is 0 Å². The Morgan fingerprint density at radius 1 is 0.818 bits per heavy atom. The van der Waals surface area contributed by atoms with Gasteiger partial charge in [0.25, 0.3) is 11.8 Å². The first-order chi connectivity index (χ1) is 20.6. The van der Waals surface area contributed by atoms with Gasteiger partial charge in [0, 0.05) is 29.2 Å². The van der Waals surface area contributed by atoms with E-state index in [1.807, 2.05) is 18.2 Å². The van der Waals surface area contributed by atoms with Gasteiger partial charge in [0.05, 0.1) is 18.2 Å². The van der Waals surface area contributed by atoms with Crippen LogP contribution >= 0.6 is 0 Å². The maximum atomic E-state index is 12.6. The molecule has 1 aromatic heterocycles. The van der Waals surface area contributed by atoms with Crippen molar-refractivity contribution in [1.82, 2.24) is 9.88 Å². The number of allylic oxidation sites excluding steroid dienone is 1. The van der Waals surface area contributed by atoms with Crippen molar-refractivity contribution in [1.29, 1.82) is 0 Å². The molecule has 1 radical (unpaired) electrons. The number of oxime groups is 4. The molecule has 4 N–H and O–H groups in total. The van der Waals surface area contributed by atoms with Crippen molar-refractivity contribution in [2.75, 3.05) is 7.11 Å². The minimum absolute atomic E-state index is 0. The van der Waals surface area contributed by atoms with Gasteiger partial charge in [-0.25, -0.2) is 4.79 Å². The molecule has 0 saturated carbocycles. The summed E-state index contributed by atoms with van der Waals surface area (Å²) in [5.74, 6) is -1.43. The Kier molecular flexibility index (Phi) is 17.9. The van der Waals surface area contributed by atoms with Gasteiger partial charge in [-0.2, -0.15) is 6.42 Å². The topological polar surface area (TPSA) is 207 Å². The number of esters is 1. The van der Waals surface area contributed by atoms with E-state index in [1.54, 1.807) is 42.7 Å². The van der Waals surface area contributed by atoms with Crippen LogP contribution in [0, 0.1) is 6.08 Å². The first-order valence-electron chi connectivity index (χ1n) is 12.8. The van der Waals surface area contributed by atoms with Crippen molar-refractivity contribution in [3.8, 4) is 0 Å². The van der Waals surface area contributed by atoms with Crippen LogP contribution in [0.1, 0.15) is 67.7 Å². The van der Waals surface area contributed by atoms with E-state index in [1.165, 1.54) is 34.8 Å². The smallest absolute Gasteiger partial charge is 0.332 e. The predicted octanol–water partition coefficient (Wildman–Crippen LogP) is 4.19. The summed E-state index contributed by atoms with van der Waals surface area (Å²) in [4.78, 5) is 42.3. The van der Waals surface area contributed by atoms with Crippen LogP contribution in [0.5, 0.6) is 0 Å². The quantitative estimate of drug-likeness (QED) is 0.0930. The number of fused-ring (bicyclic) bond motifs is 1. The Balaban J connectivity index is 0.000000665. The van der Waals surface area contributed by atoms with Crippen LogP contribution in [0.3, 0.4) is 0 Å². The molecule has 239 valence electrons.